The maximum Gasteiger partial charge on any atom is 0.310 e. The largest absolute Gasteiger partial charge is 0.496 e. The molecule has 3 nitrogen and oxygen atoms in total. The maximum absolute atomic E-state index is 11.1. The van der Waals surface area contributed by atoms with Gasteiger partial charge in [-0.3, -0.25) is 4.79 Å². The van der Waals surface area contributed by atoms with Crippen LogP contribution >= 0.6 is 15.9 Å². The summed E-state index contributed by atoms with van der Waals surface area (Å²) in [4.78, 5) is 11.1. The lowest BCUT2D eigenvalue weighted by Gasteiger charge is -2.18. The molecule has 0 amide bonds. The van der Waals surface area contributed by atoms with Crippen LogP contribution in [0.2, 0.25) is 0 Å². The van der Waals surface area contributed by atoms with E-state index in [4.69, 9.17) is 9.84 Å². The van der Waals surface area contributed by atoms with E-state index >= 15 is 0 Å². The van der Waals surface area contributed by atoms with Crippen LogP contribution < -0.4 is 4.74 Å². The molecule has 0 saturated carbocycles. The van der Waals surface area contributed by atoms with Crippen LogP contribution in [0.3, 0.4) is 0 Å². The van der Waals surface area contributed by atoms with Crippen molar-refractivity contribution >= 4 is 21.9 Å². The van der Waals surface area contributed by atoms with Crippen LogP contribution in [0.25, 0.3) is 0 Å². The van der Waals surface area contributed by atoms with E-state index in [2.05, 4.69) is 15.9 Å². The molecule has 1 N–H and O–H groups in total. The van der Waals surface area contributed by atoms with Crippen molar-refractivity contribution in [2.75, 3.05) is 7.11 Å². The Balaban J connectivity index is 3.50. The zero-order chi connectivity index (χ0) is 12.5. The monoisotopic (exact) mass is 286 g/mol. The predicted molar refractivity (Wildman–Crippen MR) is 66.2 cm³/mol. The number of rotatable bonds is 3. The summed E-state index contributed by atoms with van der Waals surface area (Å²) in [7, 11) is 1.56. The molecule has 1 unspecified atom stereocenters. The van der Waals surface area contributed by atoms with Crippen molar-refractivity contribution in [1.82, 2.24) is 0 Å². The number of methoxy groups -OCH3 is 1. The average Bonchev–Trinajstić information content (AvgIpc) is 2.21. The second kappa shape index (κ2) is 4.87. The van der Waals surface area contributed by atoms with Gasteiger partial charge < -0.3 is 9.84 Å². The number of carboxylic acids is 1. The van der Waals surface area contributed by atoms with E-state index in [1.54, 1.807) is 14.0 Å². The lowest BCUT2D eigenvalue weighted by atomic mass is 9.93. The minimum absolute atomic E-state index is 0.578. The molecule has 1 aromatic rings. The van der Waals surface area contributed by atoms with Gasteiger partial charge in [0.1, 0.15) is 5.75 Å². The van der Waals surface area contributed by atoms with Crippen LogP contribution in [-0.4, -0.2) is 18.2 Å². The summed E-state index contributed by atoms with van der Waals surface area (Å²) in [6.07, 6.45) is 0. The number of carboxylic acid groups (broad SMARTS) is 1. The molecule has 0 spiro atoms. The van der Waals surface area contributed by atoms with Gasteiger partial charge in [0.05, 0.1) is 13.0 Å². The first-order valence-electron chi connectivity index (χ1n) is 4.96. The number of aliphatic carboxylic acids is 1. The number of carbonyl (C=O) groups is 1. The van der Waals surface area contributed by atoms with Crippen molar-refractivity contribution < 1.29 is 14.6 Å². The lowest BCUT2D eigenvalue weighted by molar-refractivity contribution is -0.138. The van der Waals surface area contributed by atoms with E-state index in [1.807, 2.05) is 19.9 Å². The molecule has 16 heavy (non-hydrogen) atoms. The highest BCUT2D eigenvalue weighted by atomic mass is 79.9. The van der Waals surface area contributed by atoms with Crippen LogP contribution in [0.15, 0.2) is 10.5 Å². The first-order valence-corrected chi connectivity index (χ1v) is 5.75. The highest BCUT2D eigenvalue weighted by Gasteiger charge is 2.23. The summed E-state index contributed by atoms with van der Waals surface area (Å²) in [6, 6.07) is 1.94. The van der Waals surface area contributed by atoms with Gasteiger partial charge in [-0.15, -0.1) is 0 Å². The van der Waals surface area contributed by atoms with E-state index in [-0.39, 0.29) is 0 Å². The summed E-state index contributed by atoms with van der Waals surface area (Å²) in [5.41, 5.74) is 2.59. The van der Waals surface area contributed by atoms with Crippen LogP contribution in [0.4, 0.5) is 0 Å². The van der Waals surface area contributed by atoms with Gasteiger partial charge in [0, 0.05) is 10.0 Å². The Morgan fingerprint density at radius 1 is 1.50 bits per heavy atom. The van der Waals surface area contributed by atoms with Crippen LogP contribution in [0, 0.1) is 13.8 Å². The van der Waals surface area contributed by atoms with Gasteiger partial charge >= 0.3 is 5.97 Å². The second-order valence-corrected chi connectivity index (χ2v) is 4.66. The normalized spacial score (nSPS) is 12.3. The van der Waals surface area contributed by atoms with Gasteiger partial charge in [0.2, 0.25) is 0 Å². The summed E-state index contributed by atoms with van der Waals surface area (Å²) in [5, 5.41) is 9.09. The molecule has 0 aliphatic rings. The summed E-state index contributed by atoms with van der Waals surface area (Å²) < 4.78 is 6.21. The molecule has 88 valence electrons. The standard InChI is InChI=1S/C12H15BrO3/c1-6-5-9(13)7(2)10(11(6)16-4)8(3)12(14)15/h5,8H,1-4H3,(H,14,15). The van der Waals surface area contributed by atoms with Gasteiger partial charge in [-0.25, -0.2) is 0 Å². The molecule has 0 aliphatic carbocycles. The minimum atomic E-state index is -0.848. The molecule has 1 aromatic carbocycles. The number of benzene rings is 1. The SMILES string of the molecule is COc1c(C)cc(Br)c(C)c1C(C)C(=O)O. The van der Waals surface area contributed by atoms with E-state index in [1.165, 1.54) is 0 Å². The second-order valence-electron chi connectivity index (χ2n) is 3.81. The maximum atomic E-state index is 11.1. The molecule has 0 radical (unpaired) electrons. The fourth-order valence-electron chi connectivity index (χ4n) is 1.79. The third kappa shape index (κ3) is 2.21. The minimum Gasteiger partial charge on any atom is -0.496 e. The average molecular weight is 287 g/mol. The van der Waals surface area contributed by atoms with Gasteiger partial charge in [-0.1, -0.05) is 15.9 Å². The Labute approximate surface area is 104 Å². The van der Waals surface area contributed by atoms with E-state index in [0.717, 1.165) is 21.2 Å². The highest BCUT2D eigenvalue weighted by Crippen LogP contribution is 2.37. The van der Waals surface area contributed by atoms with Crippen molar-refractivity contribution in [1.29, 1.82) is 0 Å². The highest BCUT2D eigenvalue weighted by molar-refractivity contribution is 9.10. The summed E-state index contributed by atoms with van der Waals surface area (Å²) >= 11 is 3.43. The molecule has 1 rings (SSSR count). The molecule has 0 saturated heterocycles. The first kappa shape index (κ1) is 13.0. The molecule has 4 heteroatoms. The fourth-order valence-corrected chi connectivity index (χ4v) is 2.35. The Kier molecular flexibility index (Phi) is 3.97. The van der Waals surface area contributed by atoms with Crippen LogP contribution in [0.5, 0.6) is 5.75 Å². The molecule has 0 heterocycles. The predicted octanol–water partition coefficient (Wildman–Crippen LogP) is 3.26. The Bertz CT molecular complexity index is 427. The fraction of sp³-hybridized carbons (Fsp3) is 0.417. The summed E-state index contributed by atoms with van der Waals surface area (Å²) in [5.74, 6) is -0.763. The molecule has 0 aromatic heterocycles. The van der Waals surface area contributed by atoms with E-state index < -0.39 is 11.9 Å². The Morgan fingerprint density at radius 2 is 2.06 bits per heavy atom. The van der Waals surface area contributed by atoms with Gasteiger partial charge in [-0.05, 0) is 38.0 Å². The number of halogens is 1. The number of hydrogen-bond acceptors (Lipinski definition) is 2. The van der Waals surface area contributed by atoms with Crippen LogP contribution in [-0.2, 0) is 4.79 Å². The Hall–Kier alpha value is -1.03. The smallest absolute Gasteiger partial charge is 0.310 e. The van der Waals surface area contributed by atoms with Crippen molar-refractivity contribution in [2.45, 2.75) is 26.7 Å². The van der Waals surface area contributed by atoms with Gasteiger partial charge in [-0.2, -0.15) is 0 Å². The topological polar surface area (TPSA) is 46.5 Å². The number of aryl methyl sites for hydroxylation is 1. The third-order valence-corrected chi connectivity index (χ3v) is 3.54. The molecule has 0 fully saturated rings. The quantitative estimate of drug-likeness (QED) is 0.928. The molecular formula is C12H15BrO3. The van der Waals surface area contributed by atoms with E-state index in [9.17, 15) is 4.79 Å². The molecule has 0 bridgehead atoms. The first-order chi connectivity index (χ1) is 7.40. The molecular weight excluding hydrogens is 272 g/mol. The van der Waals surface area contributed by atoms with Crippen molar-refractivity contribution in [3.8, 4) is 5.75 Å². The lowest BCUT2D eigenvalue weighted by Crippen LogP contribution is -2.11. The number of hydrogen-bond donors (Lipinski definition) is 1. The molecule has 0 aliphatic heterocycles. The van der Waals surface area contributed by atoms with Crippen molar-refractivity contribution in [2.24, 2.45) is 0 Å². The van der Waals surface area contributed by atoms with Crippen molar-refractivity contribution in [3.63, 3.8) is 0 Å². The van der Waals surface area contributed by atoms with Crippen molar-refractivity contribution in [3.05, 3.63) is 27.2 Å². The van der Waals surface area contributed by atoms with Gasteiger partial charge in [0.15, 0.2) is 0 Å². The van der Waals surface area contributed by atoms with E-state index in [0.29, 0.717) is 5.75 Å². The zero-order valence-electron chi connectivity index (χ0n) is 9.80. The summed E-state index contributed by atoms with van der Waals surface area (Å²) in [6.45, 7) is 5.46. The Morgan fingerprint density at radius 3 is 2.50 bits per heavy atom. The van der Waals surface area contributed by atoms with Gasteiger partial charge in [0.25, 0.3) is 0 Å². The molecule has 1 atom stereocenters. The zero-order valence-corrected chi connectivity index (χ0v) is 11.4. The third-order valence-electron chi connectivity index (χ3n) is 2.72. The number of ether oxygens (including phenoxy) is 1. The van der Waals surface area contributed by atoms with Crippen LogP contribution in [0.1, 0.15) is 29.5 Å².